The summed E-state index contributed by atoms with van der Waals surface area (Å²) in [6.07, 6.45) is 1.78. The van der Waals surface area contributed by atoms with Gasteiger partial charge in [0.2, 0.25) is 0 Å². The third-order valence-electron chi connectivity index (χ3n) is 5.26. The molecule has 0 spiro atoms. The summed E-state index contributed by atoms with van der Waals surface area (Å²) in [7, 11) is 0. The van der Waals surface area contributed by atoms with Crippen LogP contribution in [0.15, 0.2) is 64.5 Å². The van der Waals surface area contributed by atoms with Crippen LogP contribution >= 0.6 is 23.4 Å². The summed E-state index contributed by atoms with van der Waals surface area (Å²) in [6.45, 7) is 8.03. The van der Waals surface area contributed by atoms with E-state index < -0.39 is 0 Å². The lowest BCUT2D eigenvalue weighted by atomic mass is 10.1. The van der Waals surface area contributed by atoms with Crippen LogP contribution in [-0.4, -0.2) is 16.2 Å². The van der Waals surface area contributed by atoms with E-state index in [9.17, 15) is 9.90 Å². The molecule has 0 atom stereocenters. The van der Waals surface area contributed by atoms with E-state index in [1.807, 2.05) is 64.1 Å². The predicted molar refractivity (Wildman–Crippen MR) is 135 cm³/mol. The smallest absolute Gasteiger partial charge is 0.271 e. The Morgan fingerprint density at radius 1 is 0.938 bits per heavy atom. The average Bonchev–Trinajstić information content (AvgIpc) is 3.04. The van der Waals surface area contributed by atoms with Crippen LogP contribution in [0.2, 0.25) is 5.02 Å². The topological polar surface area (TPSA) is 52.9 Å². The summed E-state index contributed by atoms with van der Waals surface area (Å²) < 4.78 is 0. The first kappa shape index (κ1) is 22.2. The zero-order valence-electron chi connectivity index (χ0n) is 18.3. The molecule has 3 aromatic rings. The molecule has 3 aromatic carbocycles. The van der Waals surface area contributed by atoms with Gasteiger partial charge in [-0.2, -0.15) is 0 Å². The standard InChI is InChI=1S/C26H23ClN2O2S/c1-15-5-7-17(3)21(11-15)28-26-29(22-12-16(2)6-8-18(22)4)25(31)24(32-26)14-19-9-10-23(30)20(27)13-19/h5-14,30H,1-4H3/b24-14-,28-26?. The number of carbonyl (C=O) groups is 1. The van der Waals surface area contributed by atoms with Crippen molar-refractivity contribution >= 4 is 51.9 Å². The zero-order valence-corrected chi connectivity index (χ0v) is 19.9. The van der Waals surface area contributed by atoms with E-state index in [2.05, 4.69) is 0 Å². The number of anilines is 1. The number of halogens is 1. The van der Waals surface area contributed by atoms with Gasteiger partial charge in [0.05, 0.1) is 21.3 Å². The molecule has 0 aromatic heterocycles. The van der Waals surface area contributed by atoms with Gasteiger partial charge in [0.25, 0.3) is 5.91 Å². The fraction of sp³-hybridized carbons (Fsp3) is 0.154. The number of amides is 1. The minimum absolute atomic E-state index is 0.00778. The normalized spacial score (nSPS) is 16.4. The van der Waals surface area contributed by atoms with Gasteiger partial charge in [-0.1, -0.05) is 41.9 Å². The summed E-state index contributed by atoms with van der Waals surface area (Å²) in [5.41, 5.74) is 6.60. The summed E-state index contributed by atoms with van der Waals surface area (Å²) in [5.74, 6) is -0.134. The molecule has 0 saturated carbocycles. The van der Waals surface area contributed by atoms with Gasteiger partial charge < -0.3 is 5.11 Å². The van der Waals surface area contributed by atoms with Crippen LogP contribution in [0.3, 0.4) is 0 Å². The highest BCUT2D eigenvalue weighted by molar-refractivity contribution is 8.19. The largest absolute Gasteiger partial charge is 0.506 e. The second-order valence-electron chi connectivity index (χ2n) is 7.94. The highest BCUT2D eigenvalue weighted by Gasteiger charge is 2.35. The fourth-order valence-corrected chi connectivity index (χ4v) is 4.60. The molecule has 0 bridgehead atoms. The average molecular weight is 463 g/mol. The van der Waals surface area contributed by atoms with Crippen LogP contribution in [0, 0.1) is 27.7 Å². The van der Waals surface area contributed by atoms with Crippen molar-refractivity contribution < 1.29 is 9.90 Å². The molecule has 1 saturated heterocycles. The maximum absolute atomic E-state index is 13.6. The molecule has 1 aliphatic heterocycles. The highest BCUT2D eigenvalue weighted by Crippen LogP contribution is 2.39. The van der Waals surface area contributed by atoms with E-state index in [0.717, 1.165) is 39.2 Å². The first-order valence-corrected chi connectivity index (χ1v) is 11.4. The van der Waals surface area contributed by atoms with Gasteiger partial charge in [0.1, 0.15) is 5.75 Å². The first-order valence-electron chi connectivity index (χ1n) is 10.2. The van der Waals surface area contributed by atoms with Gasteiger partial charge in [-0.05, 0) is 97.6 Å². The molecule has 1 heterocycles. The van der Waals surface area contributed by atoms with Crippen LogP contribution in [0.4, 0.5) is 11.4 Å². The molecule has 6 heteroatoms. The summed E-state index contributed by atoms with van der Waals surface area (Å²) in [4.78, 5) is 20.7. The molecule has 1 fully saturated rings. The number of carbonyl (C=O) groups excluding carboxylic acids is 1. The SMILES string of the molecule is Cc1ccc(C)c(N=C2S/C(=C\c3ccc(O)c(Cl)c3)C(=O)N2c2cc(C)ccc2C)c1. The van der Waals surface area contributed by atoms with Crippen molar-refractivity contribution in [1.82, 2.24) is 0 Å². The van der Waals surface area contributed by atoms with Crippen LogP contribution in [-0.2, 0) is 4.79 Å². The van der Waals surface area contributed by atoms with Crippen molar-refractivity contribution in [3.8, 4) is 5.75 Å². The lowest BCUT2D eigenvalue weighted by molar-refractivity contribution is -0.113. The third-order valence-corrected chi connectivity index (χ3v) is 6.53. The van der Waals surface area contributed by atoms with Gasteiger partial charge in [-0.15, -0.1) is 0 Å². The predicted octanol–water partition coefficient (Wildman–Crippen LogP) is 7.09. The Kier molecular flexibility index (Phi) is 6.13. The molecule has 4 nitrogen and oxygen atoms in total. The van der Waals surface area contributed by atoms with Crippen LogP contribution < -0.4 is 4.90 Å². The number of aliphatic imine (C=N–C) groups is 1. The molecule has 0 aliphatic carbocycles. The van der Waals surface area contributed by atoms with Gasteiger partial charge in [-0.25, -0.2) is 4.99 Å². The lowest BCUT2D eigenvalue weighted by Gasteiger charge is -2.19. The number of aromatic hydroxyl groups is 1. The number of rotatable bonds is 3. The highest BCUT2D eigenvalue weighted by atomic mass is 35.5. The number of benzene rings is 3. The molecular weight excluding hydrogens is 440 g/mol. The third kappa shape index (κ3) is 4.45. The second-order valence-corrected chi connectivity index (χ2v) is 9.35. The number of phenolic OH excluding ortho intramolecular Hbond substituents is 1. The second kappa shape index (κ2) is 8.85. The molecule has 162 valence electrons. The summed E-state index contributed by atoms with van der Waals surface area (Å²) in [5, 5.41) is 10.6. The van der Waals surface area contributed by atoms with Crippen molar-refractivity contribution in [2.24, 2.45) is 4.99 Å². The number of hydrogen-bond donors (Lipinski definition) is 1. The monoisotopic (exact) mass is 462 g/mol. The van der Waals surface area contributed by atoms with Crippen molar-refractivity contribution in [2.45, 2.75) is 27.7 Å². The van der Waals surface area contributed by atoms with E-state index in [4.69, 9.17) is 16.6 Å². The molecule has 1 N–H and O–H groups in total. The molecule has 4 rings (SSSR count). The summed E-state index contributed by atoms with van der Waals surface area (Å²) in [6, 6.07) is 17.0. The van der Waals surface area contributed by atoms with Crippen LogP contribution in [0.1, 0.15) is 27.8 Å². The number of aryl methyl sites for hydroxylation is 4. The van der Waals surface area contributed by atoms with E-state index in [1.54, 1.807) is 23.1 Å². The first-order chi connectivity index (χ1) is 15.2. The molecular formula is C26H23ClN2O2S. The van der Waals surface area contributed by atoms with E-state index in [-0.39, 0.29) is 16.7 Å². The Hall–Kier alpha value is -3.02. The van der Waals surface area contributed by atoms with Gasteiger partial charge in [0, 0.05) is 0 Å². The quantitative estimate of drug-likeness (QED) is 0.423. The zero-order chi connectivity index (χ0) is 23.0. The van der Waals surface area contributed by atoms with Gasteiger partial charge in [-0.3, -0.25) is 9.69 Å². The Morgan fingerprint density at radius 2 is 1.62 bits per heavy atom. The van der Waals surface area contributed by atoms with Gasteiger partial charge >= 0.3 is 0 Å². The molecule has 1 amide bonds. The Morgan fingerprint density at radius 3 is 2.34 bits per heavy atom. The Bertz CT molecular complexity index is 1300. The molecule has 32 heavy (non-hydrogen) atoms. The number of nitrogens with zero attached hydrogens (tertiary/aromatic N) is 2. The molecule has 1 aliphatic rings. The Labute approximate surface area is 197 Å². The Balaban J connectivity index is 1.85. The maximum atomic E-state index is 13.6. The van der Waals surface area contributed by atoms with Crippen molar-refractivity contribution in [3.63, 3.8) is 0 Å². The van der Waals surface area contributed by atoms with Gasteiger partial charge in [0.15, 0.2) is 5.17 Å². The number of hydrogen-bond acceptors (Lipinski definition) is 4. The van der Waals surface area contributed by atoms with Crippen molar-refractivity contribution in [3.05, 3.63) is 92.3 Å². The van der Waals surface area contributed by atoms with E-state index in [0.29, 0.717) is 10.1 Å². The van der Waals surface area contributed by atoms with E-state index >= 15 is 0 Å². The maximum Gasteiger partial charge on any atom is 0.271 e. The van der Waals surface area contributed by atoms with Crippen molar-refractivity contribution in [1.29, 1.82) is 0 Å². The molecule has 0 unspecified atom stereocenters. The number of amidine groups is 1. The minimum atomic E-state index is -0.142. The summed E-state index contributed by atoms with van der Waals surface area (Å²) >= 11 is 7.39. The van der Waals surface area contributed by atoms with E-state index in [1.165, 1.54) is 17.8 Å². The van der Waals surface area contributed by atoms with Crippen molar-refractivity contribution in [2.75, 3.05) is 4.90 Å². The van der Waals surface area contributed by atoms with Crippen LogP contribution in [0.5, 0.6) is 5.75 Å². The molecule has 0 radical (unpaired) electrons. The number of thioether (sulfide) groups is 1. The minimum Gasteiger partial charge on any atom is -0.506 e. The number of phenols is 1. The lowest BCUT2D eigenvalue weighted by Crippen LogP contribution is -2.29. The van der Waals surface area contributed by atoms with Crippen LogP contribution in [0.25, 0.3) is 6.08 Å². The fourth-order valence-electron chi connectivity index (χ4n) is 3.43.